The van der Waals surface area contributed by atoms with E-state index >= 15 is 0 Å². The Labute approximate surface area is 125 Å². The third kappa shape index (κ3) is 3.04. The Kier molecular flexibility index (Phi) is 4.36. The van der Waals surface area contributed by atoms with Gasteiger partial charge in [0.2, 0.25) is 0 Å². The summed E-state index contributed by atoms with van der Waals surface area (Å²) >= 11 is 6.18. The monoisotopic (exact) mass is 285 g/mol. The van der Waals surface area contributed by atoms with Crippen molar-refractivity contribution in [2.75, 3.05) is 26.2 Å². The van der Waals surface area contributed by atoms with Crippen LogP contribution < -0.4 is 5.32 Å². The molecule has 103 valence electrons. The van der Waals surface area contributed by atoms with Gasteiger partial charge in [-0.3, -0.25) is 4.90 Å². The van der Waals surface area contributed by atoms with Gasteiger partial charge in [0.1, 0.15) is 0 Å². The molecular formula is C17H18ClN2. The first-order valence-electron chi connectivity index (χ1n) is 7.02. The quantitative estimate of drug-likeness (QED) is 0.845. The Morgan fingerprint density at radius 1 is 0.900 bits per heavy atom. The van der Waals surface area contributed by atoms with Crippen LogP contribution in [0.1, 0.15) is 17.2 Å². The molecule has 0 aliphatic carbocycles. The second-order valence-electron chi connectivity index (χ2n) is 5.08. The van der Waals surface area contributed by atoms with E-state index in [9.17, 15) is 0 Å². The van der Waals surface area contributed by atoms with Crippen LogP contribution in [0.2, 0.25) is 5.02 Å². The highest BCUT2D eigenvalue weighted by Gasteiger charge is 2.24. The average molecular weight is 286 g/mol. The van der Waals surface area contributed by atoms with E-state index in [1.807, 2.05) is 12.1 Å². The first-order valence-corrected chi connectivity index (χ1v) is 7.40. The molecule has 3 rings (SSSR count). The van der Waals surface area contributed by atoms with E-state index in [4.69, 9.17) is 11.6 Å². The van der Waals surface area contributed by atoms with Crippen LogP contribution >= 0.6 is 11.6 Å². The van der Waals surface area contributed by atoms with E-state index in [-0.39, 0.29) is 6.04 Å². The van der Waals surface area contributed by atoms with E-state index < -0.39 is 0 Å². The molecule has 3 heteroatoms. The minimum absolute atomic E-state index is 0.269. The maximum atomic E-state index is 6.18. The van der Waals surface area contributed by atoms with E-state index in [1.165, 1.54) is 11.1 Å². The van der Waals surface area contributed by atoms with Gasteiger partial charge in [-0.05, 0) is 23.3 Å². The van der Waals surface area contributed by atoms with Gasteiger partial charge >= 0.3 is 0 Å². The first-order chi connectivity index (χ1) is 9.84. The summed E-state index contributed by atoms with van der Waals surface area (Å²) in [4.78, 5) is 2.49. The largest absolute Gasteiger partial charge is 0.290 e. The maximum Gasteiger partial charge on any atom is 0.0603 e. The third-order valence-electron chi connectivity index (χ3n) is 3.74. The lowest BCUT2D eigenvalue weighted by Gasteiger charge is -2.35. The SMILES string of the molecule is Clc1cccc(C(c2ccccc2)N2CC[N]CC2)c1. The smallest absolute Gasteiger partial charge is 0.0603 e. The molecule has 1 fully saturated rings. The van der Waals surface area contributed by atoms with Crippen molar-refractivity contribution in [2.24, 2.45) is 0 Å². The van der Waals surface area contributed by atoms with Crippen LogP contribution in [0.25, 0.3) is 0 Å². The standard InChI is InChI=1S/C17H18ClN2/c18-16-8-4-7-15(13-16)17(14-5-2-1-3-6-14)20-11-9-19-10-12-20/h1-8,13,17H,9-12H2. The Bertz CT molecular complexity index is 550. The van der Waals surface area contributed by atoms with Crippen molar-refractivity contribution in [3.8, 4) is 0 Å². The van der Waals surface area contributed by atoms with Gasteiger partial charge in [-0.15, -0.1) is 0 Å². The Morgan fingerprint density at radius 3 is 2.30 bits per heavy atom. The number of nitrogens with zero attached hydrogens (tertiary/aromatic N) is 2. The normalized spacial score (nSPS) is 17.9. The zero-order valence-electron chi connectivity index (χ0n) is 11.4. The number of hydrogen-bond acceptors (Lipinski definition) is 1. The van der Waals surface area contributed by atoms with Crippen molar-refractivity contribution < 1.29 is 0 Å². The zero-order valence-corrected chi connectivity index (χ0v) is 12.1. The van der Waals surface area contributed by atoms with Gasteiger partial charge in [0.25, 0.3) is 0 Å². The van der Waals surface area contributed by atoms with E-state index in [1.54, 1.807) is 0 Å². The number of halogens is 1. The molecule has 2 nitrogen and oxygen atoms in total. The summed E-state index contributed by atoms with van der Waals surface area (Å²) in [5, 5.41) is 5.24. The van der Waals surface area contributed by atoms with Gasteiger partial charge in [0.05, 0.1) is 6.04 Å². The first kappa shape index (κ1) is 13.6. The van der Waals surface area contributed by atoms with Gasteiger partial charge in [0.15, 0.2) is 0 Å². The highest BCUT2D eigenvalue weighted by atomic mass is 35.5. The van der Waals surface area contributed by atoms with Gasteiger partial charge < -0.3 is 0 Å². The van der Waals surface area contributed by atoms with E-state index in [2.05, 4.69) is 52.7 Å². The molecule has 1 atom stereocenters. The molecule has 2 aromatic rings. The maximum absolute atomic E-state index is 6.18. The zero-order chi connectivity index (χ0) is 13.8. The fourth-order valence-corrected chi connectivity index (χ4v) is 3.00. The summed E-state index contributed by atoms with van der Waals surface area (Å²) in [6.07, 6.45) is 0. The van der Waals surface area contributed by atoms with Crippen LogP contribution in [-0.4, -0.2) is 31.1 Å². The predicted molar refractivity (Wildman–Crippen MR) is 83.2 cm³/mol. The molecule has 0 amide bonds. The summed E-state index contributed by atoms with van der Waals surface area (Å²) in [7, 11) is 0. The lowest BCUT2D eigenvalue weighted by atomic mass is 9.96. The molecule has 1 unspecified atom stereocenters. The topological polar surface area (TPSA) is 17.3 Å². The molecule has 20 heavy (non-hydrogen) atoms. The van der Waals surface area contributed by atoms with Crippen molar-refractivity contribution in [1.29, 1.82) is 0 Å². The van der Waals surface area contributed by atoms with E-state index in [0.717, 1.165) is 31.2 Å². The molecular weight excluding hydrogens is 268 g/mol. The fraction of sp³-hybridized carbons (Fsp3) is 0.294. The Hall–Kier alpha value is -1.35. The van der Waals surface area contributed by atoms with Crippen molar-refractivity contribution in [3.63, 3.8) is 0 Å². The summed E-state index contributed by atoms with van der Waals surface area (Å²) in [6.45, 7) is 3.85. The minimum atomic E-state index is 0.269. The number of benzene rings is 2. The van der Waals surface area contributed by atoms with Crippen molar-refractivity contribution in [3.05, 3.63) is 70.7 Å². The molecule has 1 radical (unpaired) electrons. The van der Waals surface area contributed by atoms with Crippen LogP contribution in [0.15, 0.2) is 54.6 Å². The van der Waals surface area contributed by atoms with Crippen LogP contribution in [0.3, 0.4) is 0 Å². The van der Waals surface area contributed by atoms with Crippen molar-refractivity contribution in [1.82, 2.24) is 10.2 Å². The number of hydrogen-bond donors (Lipinski definition) is 0. The van der Waals surface area contributed by atoms with Crippen molar-refractivity contribution in [2.45, 2.75) is 6.04 Å². The molecule has 0 N–H and O–H groups in total. The van der Waals surface area contributed by atoms with Crippen LogP contribution in [0, 0.1) is 0 Å². The van der Waals surface area contributed by atoms with Crippen molar-refractivity contribution >= 4 is 11.6 Å². The van der Waals surface area contributed by atoms with Gasteiger partial charge in [0, 0.05) is 31.2 Å². The van der Waals surface area contributed by atoms with E-state index in [0.29, 0.717) is 0 Å². The Morgan fingerprint density at radius 2 is 1.60 bits per heavy atom. The Balaban J connectivity index is 1.98. The lowest BCUT2D eigenvalue weighted by molar-refractivity contribution is 0.196. The highest BCUT2D eigenvalue weighted by molar-refractivity contribution is 6.30. The molecule has 0 aromatic heterocycles. The molecule has 1 aliphatic rings. The minimum Gasteiger partial charge on any atom is -0.290 e. The second-order valence-corrected chi connectivity index (χ2v) is 5.51. The average Bonchev–Trinajstić information content (AvgIpc) is 2.50. The highest BCUT2D eigenvalue weighted by Crippen LogP contribution is 2.30. The third-order valence-corrected chi connectivity index (χ3v) is 3.97. The van der Waals surface area contributed by atoms with Gasteiger partial charge in [-0.1, -0.05) is 54.1 Å². The van der Waals surface area contributed by atoms with Crippen LogP contribution in [0.4, 0.5) is 0 Å². The molecule has 1 saturated heterocycles. The summed E-state index contributed by atoms with van der Waals surface area (Å²) in [6, 6.07) is 19.1. The summed E-state index contributed by atoms with van der Waals surface area (Å²) in [5.41, 5.74) is 2.57. The van der Waals surface area contributed by atoms with Gasteiger partial charge in [-0.2, -0.15) is 0 Å². The predicted octanol–water partition coefficient (Wildman–Crippen LogP) is 3.35. The lowest BCUT2D eigenvalue weighted by Crippen LogP contribution is -2.42. The number of piperazine rings is 1. The van der Waals surface area contributed by atoms with Gasteiger partial charge in [-0.25, -0.2) is 5.32 Å². The van der Waals surface area contributed by atoms with Crippen LogP contribution in [-0.2, 0) is 0 Å². The fourth-order valence-electron chi connectivity index (χ4n) is 2.81. The number of rotatable bonds is 3. The van der Waals surface area contributed by atoms with Crippen LogP contribution in [0.5, 0.6) is 0 Å². The molecule has 1 heterocycles. The molecule has 2 aromatic carbocycles. The molecule has 0 bridgehead atoms. The second kappa shape index (κ2) is 6.40. The summed E-state index contributed by atoms with van der Waals surface area (Å²) < 4.78 is 0. The molecule has 1 aliphatic heterocycles. The molecule has 0 saturated carbocycles. The summed E-state index contributed by atoms with van der Waals surface area (Å²) in [5.74, 6) is 0. The molecule has 0 spiro atoms.